The normalized spacial score (nSPS) is 10.8. The Hall–Kier alpha value is -4.12. The van der Waals surface area contributed by atoms with Crippen LogP contribution in [-0.2, 0) is 4.74 Å². The van der Waals surface area contributed by atoms with Crippen LogP contribution in [0.3, 0.4) is 0 Å². The summed E-state index contributed by atoms with van der Waals surface area (Å²) in [4.78, 5) is 21.1. The maximum absolute atomic E-state index is 12.1. The van der Waals surface area contributed by atoms with Crippen LogP contribution < -0.4 is 5.73 Å². The monoisotopic (exact) mass is 372 g/mol. The predicted molar refractivity (Wildman–Crippen MR) is 103 cm³/mol. The number of rotatable bonds is 3. The fourth-order valence-electron chi connectivity index (χ4n) is 3.01. The lowest BCUT2D eigenvalue weighted by Gasteiger charge is -2.09. The summed E-state index contributed by atoms with van der Waals surface area (Å²) in [6, 6.07) is 11.3. The Kier molecular flexibility index (Phi) is 4.05. The molecule has 3 aromatic heterocycles. The predicted octanol–water partition coefficient (Wildman–Crippen LogP) is 2.74. The van der Waals surface area contributed by atoms with Gasteiger partial charge in [-0.2, -0.15) is 5.26 Å². The van der Waals surface area contributed by atoms with Crippen molar-refractivity contribution in [2.24, 2.45) is 0 Å². The van der Waals surface area contributed by atoms with Gasteiger partial charge >= 0.3 is 5.97 Å². The van der Waals surface area contributed by atoms with Crippen LogP contribution in [0, 0.1) is 18.3 Å². The summed E-state index contributed by atoms with van der Waals surface area (Å²) in [6.07, 6.45) is 5.34. The van der Waals surface area contributed by atoms with E-state index in [2.05, 4.69) is 9.97 Å². The van der Waals surface area contributed by atoms with E-state index in [0.717, 1.165) is 17.0 Å². The molecule has 1 aromatic carbocycles. The van der Waals surface area contributed by atoms with Crippen LogP contribution in [0.5, 0.6) is 0 Å². The second-order valence-corrected chi connectivity index (χ2v) is 6.23. The molecular formula is C20H16N6O2. The first-order valence-electron chi connectivity index (χ1n) is 8.44. The summed E-state index contributed by atoms with van der Waals surface area (Å²) in [5.74, 6) is 0.0220. The van der Waals surface area contributed by atoms with Crippen molar-refractivity contribution in [1.29, 1.82) is 5.26 Å². The fraction of sp³-hybridized carbons (Fsp3) is 0.100. The number of carbonyl (C=O) groups is 1. The maximum Gasteiger partial charge on any atom is 0.357 e. The van der Waals surface area contributed by atoms with E-state index in [1.165, 1.54) is 13.3 Å². The number of hydrogen-bond acceptors (Lipinski definition) is 6. The average Bonchev–Trinajstić information content (AvgIpc) is 3.28. The van der Waals surface area contributed by atoms with Crippen LogP contribution >= 0.6 is 0 Å². The number of aryl methyl sites for hydroxylation is 1. The number of nitrogens with two attached hydrogens (primary N) is 1. The van der Waals surface area contributed by atoms with Crippen LogP contribution in [0.25, 0.3) is 22.7 Å². The standard InChI is InChI=1S/C20H16N6O2/c1-12-7-8-25-11-16(24-20(25)23-12)13-3-5-15(6-4-13)26-10-14(9-21)17(22)18(26)19(27)28-2/h3-8,10-11H,22H2,1-2H3. The topological polar surface area (TPSA) is 111 Å². The lowest BCUT2D eigenvalue weighted by molar-refractivity contribution is 0.0593. The summed E-state index contributed by atoms with van der Waals surface area (Å²) >= 11 is 0. The Balaban J connectivity index is 1.76. The van der Waals surface area contributed by atoms with Crippen molar-refractivity contribution < 1.29 is 9.53 Å². The highest BCUT2D eigenvalue weighted by Gasteiger charge is 2.21. The van der Waals surface area contributed by atoms with Crippen LogP contribution in [0.15, 0.2) is 48.9 Å². The van der Waals surface area contributed by atoms with Crippen molar-refractivity contribution >= 4 is 17.4 Å². The van der Waals surface area contributed by atoms with E-state index in [4.69, 9.17) is 10.5 Å². The molecule has 0 unspecified atom stereocenters. The van der Waals surface area contributed by atoms with Crippen molar-refractivity contribution in [3.05, 3.63) is 65.9 Å². The maximum atomic E-state index is 12.1. The van der Waals surface area contributed by atoms with Crippen LogP contribution in [0.1, 0.15) is 21.7 Å². The molecule has 138 valence electrons. The van der Waals surface area contributed by atoms with E-state index in [1.54, 1.807) is 4.57 Å². The van der Waals surface area contributed by atoms with E-state index in [9.17, 15) is 10.1 Å². The number of carbonyl (C=O) groups excluding carboxylic acids is 1. The fourth-order valence-corrected chi connectivity index (χ4v) is 3.01. The Morgan fingerprint density at radius 1 is 1.18 bits per heavy atom. The van der Waals surface area contributed by atoms with E-state index in [1.807, 2.05) is 60.1 Å². The van der Waals surface area contributed by atoms with Gasteiger partial charge in [0.15, 0.2) is 5.69 Å². The number of nitrogens with zero attached hydrogens (tertiary/aromatic N) is 5. The van der Waals surface area contributed by atoms with Gasteiger partial charge in [-0.25, -0.2) is 14.8 Å². The van der Waals surface area contributed by atoms with Crippen LogP contribution in [0.4, 0.5) is 5.69 Å². The number of fused-ring (bicyclic) bond motifs is 1. The Morgan fingerprint density at radius 3 is 2.61 bits per heavy atom. The average molecular weight is 372 g/mol. The number of nitrogen functional groups attached to an aromatic ring is 1. The highest BCUT2D eigenvalue weighted by molar-refractivity contribution is 5.96. The molecule has 0 aliphatic rings. The minimum absolute atomic E-state index is 0.0974. The van der Waals surface area contributed by atoms with Crippen molar-refractivity contribution in [2.75, 3.05) is 12.8 Å². The largest absolute Gasteiger partial charge is 0.464 e. The summed E-state index contributed by atoms with van der Waals surface area (Å²) in [7, 11) is 1.27. The van der Waals surface area contributed by atoms with Gasteiger partial charge in [0.2, 0.25) is 5.78 Å². The van der Waals surface area contributed by atoms with Crippen molar-refractivity contribution in [3.8, 4) is 23.0 Å². The third-order valence-electron chi connectivity index (χ3n) is 4.45. The zero-order valence-electron chi connectivity index (χ0n) is 15.2. The summed E-state index contributed by atoms with van der Waals surface area (Å²) < 4.78 is 8.22. The number of nitriles is 1. The van der Waals surface area contributed by atoms with E-state index >= 15 is 0 Å². The zero-order valence-corrected chi connectivity index (χ0v) is 15.2. The number of anilines is 1. The first-order valence-corrected chi connectivity index (χ1v) is 8.44. The molecule has 0 spiro atoms. The molecule has 0 saturated heterocycles. The molecule has 28 heavy (non-hydrogen) atoms. The minimum Gasteiger partial charge on any atom is -0.464 e. The van der Waals surface area contributed by atoms with Gasteiger partial charge in [-0.05, 0) is 25.1 Å². The smallest absolute Gasteiger partial charge is 0.357 e. The molecule has 0 aliphatic heterocycles. The second kappa shape index (κ2) is 6.55. The third-order valence-corrected chi connectivity index (χ3v) is 4.45. The summed E-state index contributed by atoms with van der Waals surface area (Å²) in [5, 5.41) is 9.23. The molecule has 0 fully saturated rings. The molecule has 0 atom stereocenters. The molecule has 3 heterocycles. The highest BCUT2D eigenvalue weighted by atomic mass is 16.5. The lowest BCUT2D eigenvalue weighted by Crippen LogP contribution is -2.11. The number of imidazole rings is 1. The van der Waals surface area contributed by atoms with Gasteiger partial charge < -0.3 is 15.0 Å². The summed E-state index contributed by atoms with van der Waals surface area (Å²) in [6.45, 7) is 1.92. The number of aromatic nitrogens is 4. The Labute approximate surface area is 160 Å². The third kappa shape index (κ3) is 2.75. The molecule has 0 bridgehead atoms. The summed E-state index contributed by atoms with van der Waals surface area (Å²) in [5.41, 5.74) is 9.63. The van der Waals surface area contributed by atoms with Crippen molar-refractivity contribution in [1.82, 2.24) is 18.9 Å². The van der Waals surface area contributed by atoms with Gasteiger partial charge in [0.05, 0.1) is 24.1 Å². The quantitative estimate of drug-likeness (QED) is 0.554. The van der Waals surface area contributed by atoms with Gasteiger partial charge in [-0.15, -0.1) is 0 Å². The first kappa shape index (κ1) is 17.3. The van der Waals surface area contributed by atoms with Crippen molar-refractivity contribution in [3.63, 3.8) is 0 Å². The molecule has 8 heteroatoms. The molecule has 4 rings (SSSR count). The van der Waals surface area contributed by atoms with E-state index in [0.29, 0.717) is 11.5 Å². The van der Waals surface area contributed by atoms with E-state index < -0.39 is 5.97 Å². The number of benzene rings is 1. The second-order valence-electron chi connectivity index (χ2n) is 6.23. The number of hydrogen-bond donors (Lipinski definition) is 1. The van der Waals surface area contributed by atoms with Crippen molar-refractivity contribution in [2.45, 2.75) is 6.92 Å². The van der Waals surface area contributed by atoms with Crippen LogP contribution in [0.2, 0.25) is 0 Å². The van der Waals surface area contributed by atoms with Gasteiger partial charge in [-0.1, -0.05) is 12.1 Å². The number of methoxy groups -OCH3 is 1. The minimum atomic E-state index is -0.607. The number of esters is 1. The van der Waals surface area contributed by atoms with E-state index in [-0.39, 0.29) is 16.9 Å². The molecule has 8 nitrogen and oxygen atoms in total. The highest BCUT2D eigenvalue weighted by Crippen LogP contribution is 2.26. The first-order chi connectivity index (χ1) is 13.5. The van der Waals surface area contributed by atoms with Gasteiger partial charge in [0.25, 0.3) is 0 Å². The van der Waals surface area contributed by atoms with Gasteiger partial charge in [0.1, 0.15) is 6.07 Å². The van der Waals surface area contributed by atoms with Crippen LogP contribution in [-0.4, -0.2) is 32.0 Å². The Bertz CT molecular complexity index is 1240. The molecule has 4 aromatic rings. The van der Waals surface area contributed by atoms with Gasteiger partial charge in [0, 0.05) is 35.5 Å². The molecular weight excluding hydrogens is 356 g/mol. The zero-order chi connectivity index (χ0) is 19.8. The molecule has 0 aliphatic carbocycles. The van der Waals surface area contributed by atoms with Gasteiger partial charge in [-0.3, -0.25) is 4.40 Å². The molecule has 0 amide bonds. The Morgan fingerprint density at radius 2 is 1.93 bits per heavy atom. The SMILES string of the molecule is COC(=O)c1c(N)c(C#N)cn1-c1ccc(-c2cn3ccc(C)nc3n2)cc1. The molecule has 0 radical (unpaired) electrons. The molecule has 0 saturated carbocycles. The lowest BCUT2D eigenvalue weighted by atomic mass is 10.1. The number of ether oxygens (including phenoxy) is 1. The molecule has 2 N–H and O–H groups in total.